The average molecular weight is 605 g/mol. The Balaban J connectivity index is 2.05. The summed E-state index contributed by atoms with van der Waals surface area (Å²) < 4.78 is 46.4. The van der Waals surface area contributed by atoms with Crippen molar-refractivity contribution < 1.29 is 22.7 Å². The Labute approximate surface area is 207 Å². The van der Waals surface area contributed by atoms with Crippen LogP contribution in [-0.4, -0.2) is 51.7 Å². The second kappa shape index (κ2) is 8.83. The van der Waals surface area contributed by atoms with Gasteiger partial charge in [-0.3, -0.25) is 4.90 Å². The van der Waals surface area contributed by atoms with Crippen molar-refractivity contribution >= 4 is 68.6 Å². The average Bonchev–Trinajstić information content (AvgIpc) is 2.61. The lowest BCUT2D eigenvalue weighted by Gasteiger charge is -2.45. The van der Waals surface area contributed by atoms with Gasteiger partial charge in [0.2, 0.25) is 5.28 Å². The van der Waals surface area contributed by atoms with Crippen molar-refractivity contribution in [2.45, 2.75) is 58.5 Å². The molecule has 0 unspecified atom stereocenters. The van der Waals surface area contributed by atoms with Gasteiger partial charge in [-0.15, -0.1) is 0 Å². The van der Waals surface area contributed by atoms with Crippen molar-refractivity contribution in [2.75, 3.05) is 18.0 Å². The zero-order chi connectivity index (χ0) is 24.2. The number of aromatic nitrogens is 2. The number of rotatable bonds is 1. The van der Waals surface area contributed by atoms with Crippen LogP contribution in [0.15, 0.2) is 6.07 Å². The first kappa shape index (κ1) is 25.4. The predicted molar refractivity (Wildman–Crippen MR) is 126 cm³/mol. The van der Waals surface area contributed by atoms with Gasteiger partial charge in [-0.2, -0.15) is 18.2 Å². The van der Waals surface area contributed by atoms with Gasteiger partial charge < -0.3 is 9.64 Å². The lowest BCUT2D eigenvalue weighted by Crippen LogP contribution is -2.59. The van der Waals surface area contributed by atoms with Crippen molar-refractivity contribution in [1.29, 1.82) is 0 Å². The summed E-state index contributed by atoms with van der Waals surface area (Å²) >= 11 is 13.9. The maximum Gasteiger partial charge on any atom is 0.417 e. The molecule has 32 heavy (non-hydrogen) atoms. The first-order chi connectivity index (χ1) is 14.6. The molecule has 0 spiro atoms. The number of carbonyl (C=O) groups excluding carboxylic acids is 1. The maximum atomic E-state index is 13.6. The zero-order valence-corrected chi connectivity index (χ0v) is 21.7. The van der Waals surface area contributed by atoms with Gasteiger partial charge in [-0.25, -0.2) is 9.78 Å². The van der Waals surface area contributed by atoms with Gasteiger partial charge in [0.15, 0.2) is 0 Å². The molecule has 1 aromatic carbocycles. The van der Waals surface area contributed by atoms with Crippen molar-refractivity contribution in [3.63, 3.8) is 0 Å². The number of fused-ring (bicyclic) bond motifs is 1. The Morgan fingerprint density at radius 1 is 1.16 bits per heavy atom. The molecule has 1 aromatic heterocycles. The fourth-order valence-electron chi connectivity index (χ4n) is 3.78. The van der Waals surface area contributed by atoms with Gasteiger partial charge in [-0.05, 0) is 74.9 Å². The number of benzene rings is 1. The molecule has 3 rings (SSSR count). The third kappa shape index (κ3) is 5.11. The number of halogens is 6. The molecule has 0 saturated carbocycles. The van der Waals surface area contributed by atoms with Crippen molar-refractivity contribution in [1.82, 2.24) is 14.9 Å². The molecule has 0 bridgehead atoms. The van der Waals surface area contributed by atoms with Gasteiger partial charge in [0.25, 0.3) is 0 Å². The number of piperazine rings is 1. The quantitative estimate of drug-likeness (QED) is 0.279. The van der Waals surface area contributed by atoms with Gasteiger partial charge in [0.1, 0.15) is 11.4 Å². The molecular weight excluding hydrogens is 583 g/mol. The van der Waals surface area contributed by atoms with E-state index in [1.54, 1.807) is 48.3 Å². The molecule has 6 nitrogen and oxygen atoms in total. The number of ether oxygens (including phenoxy) is 1. The zero-order valence-electron chi connectivity index (χ0n) is 18.0. The second-order valence-corrected chi connectivity index (χ2v) is 10.5. The van der Waals surface area contributed by atoms with Gasteiger partial charge in [0.05, 0.1) is 31.8 Å². The van der Waals surface area contributed by atoms with Gasteiger partial charge in [0, 0.05) is 18.5 Å². The van der Waals surface area contributed by atoms with E-state index in [1.807, 2.05) is 18.7 Å². The van der Waals surface area contributed by atoms with Crippen LogP contribution in [-0.2, 0) is 10.9 Å². The molecule has 12 heteroatoms. The third-order valence-corrected chi connectivity index (χ3v) is 6.88. The lowest BCUT2D eigenvalue weighted by molar-refractivity contribution is -0.137. The molecule has 1 aliphatic rings. The van der Waals surface area contributed by atoms with E-state index in [1.165, 1.54) is 0 Å². The molecule has 2 heterocycles. The molecule has 1 fully saturated rings. The topological polar surface area (TPSA) is 58.6 Å². The number of alkyl halides is 3. The summed E-state index contributed by atoms with van der Waals surface area (Å²) in [5.74, 6) is 0.266. The van der Waals surface area contributed by atoms with E-state index in [4.69, 9.17) is 27.9 Å². The number of hydrogen-bond acceptors (Lipinski definition) is 5. The third-order valence-electron chi connectivity index (χ3n) is 4.95. The first-order valence-corrected chi connectivity index (χ1v) is 11.6. The highest BCUT2D eigenvalue weighted by Crippen LogP contribution is 2.42. The van der Waals surface area contributed by atoms with Crippen LogP contribution in [0.1, 0.15) is 40.2 Å². The smallest absolute Gasteiger partial charge is 0.417 e. The molecular formula is C20H22Cl2F3IN4O2. The summed E-state index contributed by atoms with van der Waals surface area (Å²) in [6, 6.07) is 0.387. The number of nitrogens with zero attached hydrogens (tertiary/aromatic N) is 4. The largest absolute Gasteiger partial charge is 0.444 e. The van der Waals surface area contributed by atoms with E-state index in [-0.39, 0.29) is 37.7 Å². The minimum atomic E-state index is -4.64. The standard InChI is InChI=1S/C20H22Cl2F3IN4O2/c1-9-7-29(8-10(2)30(9)18(31)32-19(3,4)5)16-11-6-12(20(23,24)25)13(21)14(26)15(11)27-17(22)28-16/h6,9-10H,7-8H2,1-5H3/t9-,10+. The highest BCUT2D eigenvalue weighted by atomic mass is 127. The fourth-order valence-corrected chi connectivity index (χ4v) is 4.90. The molecule has 2 atom stereocenters. The van der Waals surface area contributed by atoms with Crippen LogP contribution in [0, 0.1) is 3.57 Å². The summed E-state index contributed by atoms with van der Waals surface area (Å²) in [6.07, 6.45) is -5.08. The number of carbonyl (C=O) groups is 1. The Hall–Kier alpha value is -1.27. The van der Waals surface area contributed by atoms with E-state index in [0.29, 0.717) is 13.1 Å². The van der Waals surface area contributed by atoms with E-state index in [0.717, 1.165) is 6.07 Å². The van der Waals surface area contributed by atoms with Crippen molar-refractivity contribution in [3.8, 4) is 0 Å². The van der Waals surface area contributed by atoms with Crippen molar-refractivity contribution in [3.05, 3.63) is 25.5 Å². The Morgan fingerprint density at radius 2 is 1.72 bits per heavy atom. The van der Waals surface area contributed by atoms with Crippen LogP contribution < -0.4 is 4.90 Å². The molecule has 2 aromatic rings. The SMILES string of the molecule is C[C@@H]1CN(c2nc(Cl)nc3c(I)c(Cl)c(C(F)(F)F)cc23)C[C@H](C)N1C(=O)OC(C)(C)C. The Morgan fingerprint density at radius 3 is 2.22 bits per heavy atom. The maximum absolute atomic E-state index is 13.6. The normalized spacial score (nSPS) is 20.1. The highest BCUT2D eigenvalue weighted by Gasteiger charge is 2.38. The lowest BCUT2D eigenvalue weighted by atomic mass is 10.1. The van der Waals surface area contributed by atoms with Gasteiger partial charge in [-0.1, -0.05) is 11.6 Å². The molecule has 1 amide bonds. The number of amides is 1. The monoisotopic (exact) mass is 604 g/mol. The van der Waals surface area contributed by atoms with Crippen molar-refractivity contribution in [2.24, 2.45) is 0 Å². The highest BCUT2D eigenvalue weighted by molar-refractivity contribution is 14.1. The molecule has 1 saturated heterocycles. The van der Waals surface area contributed by atoms with E-state index in [2.05, 4.69) is 9.97 Å². The summed E-state index contributed by atoms with van der Waals surface area (Å²) in [7, 11) is 0. The Bertz CT molecular complexity index is 1050. The molecule has 176 valence electrons. The fraction of sp³-hybridized carbons (Fsp3) is 0.550. The molecule has 0 radical (unpaired) electrons. The summed E-state index contributed by atoms with van der Waals surface area (Å²) in [5, 5.41) is -0.334. The molecule has 1 aliphatic heterocycles. The van der Waals surface area contributed by atoms with E-state index >= 15 is 0 Å². The van der Waals surface area contributed by atoms with Crippen LogP contribution in [0.3, 0.4) is 0 Å². The predicted octanol–water partition coefficient (Wildman–Crippen LogP) is 6.39. The van der Waals surface area contributed by atoms with Crippen LogP contribution in [0.2, 0.25) is 10.3 Å². The first-order valence-electron chi connectivity index (χ1n) is 9.79. The summed E-state index contributed by atoms with van der Waals surface area (Å²) in [6.45, 7) is 9.71. The van der Waals surface area contributed by atoms with Gasteiger partial charge >= 0.3 is 12.3 Å². The second-order valence-electron chi connectivity index (χ2n) is 8.75. The number of anilines is 1. The molecule has 0 N–H and O–H groups in total. The Kier molecular flexibility index (Phi) is 6.99. The van der Waals surface area contributed by atoms with Crippen LogP contribution >= 0.6 is 45.8 Å². The molecule has 0 aliphatic carbocycles. The summed E-state index contributed by atoms with van der Waals surface area (Å²) in [4.78, 5) is 24.5. The van der Waals surface area contributed by atoms with E-state index in [9.17, 15) is 18.0 Å². The van der Waals surface area contributed by atoms with E-state index < -0.39 is 28.5 Å². The van der Waals surface area contributed by atoms with Crippen LogP contribution in [0.4, 0.5) is 23.8 Å². The minimum absolute atomic E-state index is 0.101. The van der Waals surface area contributed by atoms with Crippen LogP contribution in [0.25, 0.3) is 10.9 Å². The number of hydrogen-bond donors (Lipinski definition) is 0. The van der Waals surface area contributed by atoms with Crippen LogP contribution in [0.5, 0.6) is 0 Å². The summed E-state index contributed by atoms with van der Waals surface area (Å²) in [5.41, 5.74) is -1.36. The minimum Gasteiger partial charge on any atom is -0.444 e.